The Kier molecular flexibility index (Phi) is 7.02. The molecule has 0 heterocycles. The number of carbonyl (C=O) groups is 2. The second-order valence-electron chi connectivity index (χ2n) is 8.19. The molecule has 2 aliphatic rings. The van der Waals surface area contributed by atoms with Gasteiger partial charge in [0, 0.05) is 12.1 Å². The van der Waals surface area contributed by atoms with E-state index in [1.165, 1.54) is 32.2 Å². The number of sulfonamides is 1. The molecule has 2 N–H and O–H groups in total. The number of methoxy groups -OCH3 is 1. The third-order valence-electron chi connectivity index (χ3n) is 5.68. The first kappa shape index (κ1) is 22.6. The zero-order chi connectivity index (χ0) is 21.9. The van der Waals surface area contributed by atoms with E-state index in [0.717, 1.165) is 38.5 Å². The molecule has 9 heteroatoms. The molecule has 2 saturated carbocycles. The molecule has 0 saturated heterocycles. The molecule has 166 valence electrons. The van der Waals surface area contributed by atoms with E-state index in [-0.39, 0.29) is 34.2 Å². The van der Waals surface area contributed by atoms with Gasteiger partial charge < -0.3 is 14.8 Å². The van der Waals surface area contributed by atoms with Crippen molar-refractivity contribution in [1.82, 2.24) is 10.0 Å². The van der Waals surface area contributed by atoms with Gasteiger partial charge in [-0.1, -0.05) is 19.8 Å². The average molecular weight is 439 g/mol. The number of carbonyl (C=O) groups excluding carboxylic acids is 2. The number of hydrogen-bond donors (Lipinski definition) is 2. The summed E-state index contributed by atoms with van der Waals surface area (Å²) in [5.41, 5.74) is 0.0395. The fourth-order valence-electron chi connectivity index (χ4n) is 3.61. The van der Waals surface area contributed by atoms with Crippen molar-refractivity contribution in [3.63, 3.8) is 0 Å². The minimum absolute atomic E-state index is 0.0395. The first-order valence-electron chi connectivity index (χ1n) is 10.4. The van der Waals surface area contributed by atoms with Crippen molar-refractivity contribution in [2.45, 2.75) is 75.5 Å². The topological polar surface area (TPSA) is 111 Å². The molecule has 8 nitrogen and oxygen atoms in total. The Morgan fingerprint density at radius 2 is 1.83 bits per heavy atom. The van der Waals surface area contributed by atoms with Crippen LogP contribution in [0, 0.1) is 5.92 Å². The number of amides is 1. The fourth-order valence-corrected chi connectivity index (χ4v) is 5.11. The van der Waals surface area contributed by atoms with E-state index in [2.05, 4.69) is 17.0 Å². The molecular formula is C21H30N2O6S. The average Bonchev–Trinajstić information content (AvgIpc) is 3.52. The van der Waals surface area contributed by atoms with Crippen molar-refractivity contribution in [1.29, 1.82) is 0 Å². The summed E-state index contributed by atoms with van der Waals surface area (Å²) in [6.07, 6.45) is 4.81. The van der Waals surface area contributed by atoms with Gasteiger partial charge in [0.25, 0.3) is 5.91 Å². The summed E-state index contributed by atoms with van der Waals surface area (Å²) < 4.78 is 38.2. The molecule has 30 heavy (non-hydrogen) atoms. The number of hydrogen-bond acceptors (Lipinski definition) is 6. The van der Waals surface area contributed by atoms with Crippen LogP contribution >= 0.6 is 0 Å². The smallest absolute Gasteiger partial charge is 0.338 e. The summed E-state index contributed by atoms with van der Waals surface area (Å²) in [5.74, 6) is -0.588. The van der Waals surface area contributed by atoms with Crippen molar-refractivity contribution in [3.05, 3.63) is 23.8 Å². The maximum atomic E-state index is 12.6. The summed E-state index contributed by atoms with van der Waals surface area (Å²) in [6.45, 7) is 3.62. The van der Waals surface area contributed by atoms with Crippen molar-refractivity contribution in [2.24, 2.45) is 5.92 Å². The normalized spacial score (nSPS) is 22.8. The van der Waals surface area contributed by atoms with Crippen molar-refractivity contribution in [3.8, 4) is 5.75 Å². The van der Waals surface area contributed by atoms with Crippen molar-refractivity contribution >= 4 is 21.9 Å². The van der Waals surface area contributed by atoms with Gasteiger partial charge in [0.2, 0.25) is 10.0 Å². The van der Waals surface area contributed by atoms with Crippen LogP contribution in [0.2, 0.25) is 0 Å². The van der Waals surface area contributed by atoms with Crippen LogP contribution in [-0.4, -0.2) is 45.6 Å². The van der Waals surface area contributed by atoms with Crippen LogP contribution in [0.4, 0.5) is 0 Å². The second-order valence-corrected chi connectivity index (χ2v) is 9.87. The second kappa shape index (κ2) is 9.34. The van der Waals surface area contributed by atoms with Crippen molar-refractivity contribution < 1.29 is 27.5 Å². The highest BCUT2D eigenvalue weighted by molar-refractivity contribution is 7.89. The first-order valence-corrected chi connectivity index (χ1v) is 11.9. The number of esters is 1. The zero-order valence-corrected chi connectivity index (χ0v) is 18.5. The van der Waals surface area contributed by atoms with Gasteiger partial charge in [-0.05, 0) is 56.7 Å². The lowest BCUT2D eigenvalue weighted by Crippen LogP contribution is -2.46. The highest BCUT2D eigenvalue weighted by atomic mass is 32.2. The van der Waals surface area contributed by atoms with E-state index in [4.69, 9.17) is 9.47 Å². The Bertz CT molecular complexity index is 897. The lowest BCUT2D eigenvalue weighted by atomic mass is 9.86. The SMILES string of the molecule is COc1ccc(C(=O)OC(C)C(=O)NC2CCCCC2C)cc1S(=O)(=O)NC1CC1. The minimum atomic E-state index is -3.83. The van der Waals surface area contributed by atoms with Crippen LogP contribution in [0.3, 0.4) is 0 Å². The lowest BCUT2D eigenvalue weighted by Gasteiger charge is -2.30. The standard InChI is InChI=1S/C21H30N2O6S/c1-13-6-4-5-7-17(13)22-20(24)14(2)29-21(25)15-8-11-18(28-3)19(12-15)30(26,27)23-16-9-10-16/h8,11-14,16-17,23H,4-7,9-10H2,1-3H3,(H,22,24). The maximum Gasteiger partial charge on any atom is 0.338 e. The van der Waals surface area contributed by atoms with Gasteiger partial charge in [-0.15, -0.1) is 0 Å². The molecule has 0 spiro atoms. The Morgan fingerprint density at radius 1 is 1.13 bits per heavy atom. The molecule has 2 aliphatic carbocycles. The molecule has 1 aromatic carbocycles. The Balaban J connectivity index is 1.68. The molecule has 0 aromatic heterocycles. The van der Waals surface area contributed by atoms with Gasteiger partial charge in [0.15, 0.2) is 6.10 Å². The highest BCUT2D eigenvalue weighted by Crippen LogP contribution is 2.29. The van der Waals surface area contributed by atoms with E-state index in [1.807, 2.05) is 0 Å². The van der Waals surface area contributed by atoms with E-state index < -0.39 is 22.1 Å². The Morgan fingerprint density at radius 3 is 2.47 bits per heavy atom. The largest absolute Gasteiger partial charge is 0.495 e. The monoisotopic (exact) mass is 438 g/mol. The van der Waals surface area contributed by atoms with Crippen LogP contribution < -0.4 is 14.8 Å². The number of benzene rings is 1. The van der Waals surface area contributed by atoms with E-state index in [0.29, 0.717) is 5.92 Å². The van der Waals surface area contributed by atoms with Crippen LogP contribution in [0.15, 0.2) is 23.1 Å². The summed E-state index contributed by atoms with van der Waals surface area (Å²) in [5, 5.41) is 2.97. The summed E-state index contributed by atoms with van der Waals surface area (Å²) >= 11 is 0. The van der Waals surface area contributed by atoms with Crippen LogP contribution in [0.25, 0.3) is 0 Å². The number of nitrogens with one attached hydrogen (secondary N) is 2. The van der Waals surface area contributed by atoms with Gasteiger partial charge >= 0.3 is 5.97 Å². The zero-order valence-electron chi connectivity index (χ0n) is 17.6. The Hall–Kier alpha value is -2.13. The van der Waals surface area contributed by atoms with Crippen LogP contribution in [0.5, 0.6) is 5.75 Å². The molecular weight excluding hydrogens is 408 g/mol. The van der Waals surface area contributed by atoms with E-state index >= 15 is 0 Å². The van der Waals surface area contributed by atoms with Gasteiger partial charge in [-0.3, -0.25) is 4.79 Å². The van der Waals surface area contributed by atoms with Crippen molar-refractivity contribution in [2.75, 3.05) is 7.11 Å². The fraction of sp³-hybridized carbons (Fsp3) is 0.619. The van der Waals surface area contributed by atoms with Gasteiger partial charge in [-0.25, -0.2) is 17.9 Å². The van der Waals surface area contributed by atoms with E-state index in [9.17, 15) is 18.0 Å². The third kappa shape index (κ3) is 5.51. The first-order chi connectivity index (χ1) is 14.2. The number of rotatable bonds is 8. The minimum Gasteiger partial charge on any atom is -0.495 e. The molecule has 1 aromatic rings. The van der Waals surface area contributed by atoms with Gasteiger partial charge in [-0.2, -0.15) is 0 Å². The van der Waals surface area contributed by atoms with Crippen LogP contribution in [0.1, 0.15) is 62.7 Å². The molecule has 3 unspecified atom stereocenters. The quantitative estimate of drug-likeness (QED) is 0.603. The third-order valence-corrected chi connectivity index (χ3v) is 7.22. The highest BCUT2D eigenvalue weighted by Gasteiger charge is 2.31. The molecule has 3 rings (SSSR count). The maximum absolute atomic E-state index is 12.6. The lowest BCUT2D eigenvalue weighted by molar-refractivity contribution is -0.130. The molecule has 3 atom stereocenters. The molecule has 0 radical (unpaired) electrons. The Labute approximate surface area is 177 Å². The molecule has 2 fully saturated rings. The molecule has 1 amide bonds. The molecule has 0 bridgehead atoms. The summed E-state index contributed by atoms with van der Waals surface area (Å²) in [6, 6.07) is 4.05. The van der Waals surface area contributed by atoms with Gasteiger partial charge in [0.05, 0.1) is 12.7 Å². The molecule has 0 aliphatic heterocycles. The van der Waals surface area contributed by atoms with E-state index in [1.54, 1.807) is 0 Å². The predicted octanol–water partition coefficient (Wildman–Crippen LogP) is 2.38. The van der Waals surface area contributed by atoms with Gasteiger partial charge in [0.1, 0.15) is 10.6 Å². The number of ether oxygens (including phenoxy) is 2. The van der Waals surface area contributed by atoms with Crippen LogP contribution in [-0.2, 0) is 19.6 Å². The summed E-state index contributed by atoms with van der Waals surface area (Å²) in [4.78, 5) is 24.9. The predicted molar refractivity (Wildman–Crippen MR) is 111 cm³/mol. The summed E-state index contributed by atoms with van der Waals surface area (Å²) in [7, 11) is -2.46.